The minimum absolute atomic E-state index is 0.429. The van der Waals surface area contributed by atoms with Crippen LogP contribution in [0, 0.1) is 0 Å². The van der Waals surface area contributed by atoms with Crippen molar-refractivity contribution in [2.45, 2.75) is 5.60 Å². The summed E-state index contributed by atoms with van der Waals surface area (Å²) in [4.78, 5) is 0. The van der Waals surface area contributed by atoms with Gasteiger partial charge in [0.05, 0.1) is 21.3 Å². The van der Waals surface area contributed by atoms with Gasteiger partial charge < -0.3 is 32.3 Å². The monoisotopic (exact) mass is 736 g/mol. The fourth-order valence-electron chi connectivity index (χ4n) is 5.48. The van der Waals surface area contributed by atoms with Gasteiger partial charge in [-0.2, -0.15) is 0 Å². The van der Waals surface area contributed by atoms with Gasteiger partial charge in [-0.25, -0.2) is 0 Å². The average molecular weight is 737 g/mol. The molecule has 0 aliphatic heterocycles. The van der Waals surface area contributed by atoms with Crippen molar-refractivity contribution in [1.29, 1.82) is 0 Å². The van der Waals surface area contributed by atoms with Crippen molar-refractivity contribution in [2.75, 3.05) is 28.4 Å². The van der Waals surface area contributed by atoms with Crippen molar-refractivity contribution >= 4 is 17.2 Å². The van der Waals surface area contributed by atoms with Crippen LogP contribution in [0.25, 0.3) is 0 Å². The van der Waals surface area contributed by atoms with Crippen LogP contribution in [0.3, 0.4) is 0 Å². The third kappa shape index (κ3) is 8.25. The second kappa shape index (κ2) is 17.8. The predicted molar refractivity (Wildman–Crippen MR) is 203 cm³/mol. The van der Waals surface area contributed by atoms with E-state index >= 15 is 0 Å². The summed E-state index contributed by atoms with van der Waals surface area (Å²) in [5.74, 6) is 3.34. The van der Waals surface area contributed by atoms with Gasteiger partial charge in [0.2, 0.25) is 0 Å². The summed E-state index contributed by atoms with van der Waals surface area (Å²) in [6.45, 7) is 0. The third-order valence-corrected chi connectivity index (χ3v) is 9.99. The lowest BCUT2D eigenvalue weighted by Crippen LogP contribution is -2.33. The summed E-state index contributed by atoms with van der Waals surface area (Å²) in [7, 11) is 2.02. The number of hydrogen-bond acceptors (Lipinski definition) is 9. The minimum Gasteiger partial charge on any atom is -0.493 e. The second-order valence-electron chi connectivity index (χ2n) is 10.9. The second-order valence-corrected chi connectivity index (χ2v) is 13.1. The van der Waals surface area contributed by atoms with Crippen molar-refractivity contribution in [3.63, 3.8) is 0 Å². The Bertz CT molecular complexity index is 1920. The zero-order valence-corrected chi connectivity index (χ0v) is 30.9. The molecule has 0 saturated carbocycles. The van der Waals surface area contributed by atoms with Crippen LogP contribution in [0.2, 0.25) is 0 Å². The molecule has 0 amide bonds. The van der Waals surface area contributed by atoms with E-state index in [1.165, 1.54) is 7.11 Å². The molecule has 266 valence electrons. The molecule has 0 fully saturated rings. The van der Waals surface area contributed by atoms with Gasteiger partial charge in [-0.15, -0.1) is 0 Å². The maximum atomic E-state index is 7.35. The first-order valence-electron chi connectivity index (χ1n) is 16.2. The van der Waals surface area contributed by atoms with E-state index in [1.807, 2.05) is 140 Å². The van der Waals surface area contributed by atoms with Gasteiger partial charge in [0.1, 0.15) is 5.75 Å². The highest BCUT2D eigenvalue weighted by atomic mass is 31.2. The Morgan fingerprint density at radius 3 is 1.08 bits per heavy atom. The molecule has 1 unspecified atom stereocenters. The van der Waals surface area contributed by atoms with Crippen LogP contribution in [-0.2, 0) is 14.6 Å². The maximum absolute atomic E-state index is 7.35. The molecule has 11 heteroatoms. The van der Waals surface area contributed by atoms with E-state index in [-0.39, 0.29) is 0 Å². The Hall–Kier alpha value is -5.30. The van der Waals surface area contributed by atoms with Crippen LogP contribution in [0.1, 0.15) is 16.7 Å². The summed E-state index contributed by atoms with van der Waals surface area (Å²) in [6, 6.07) is 49.3. The lowest BCUT2D eigenvalue weighted by atomic mass is 9.80. The molecule has 9 nitrogen and oxygen atoms in total. The van der Waals surface area contributed by atoms with Crippen LogP contribution < -0.4 is 32.3 Å². The molecular formula is C41H38O9P2. The van der Waals surface area contributed by atoms with Crippen LogP contribution >= 0.6 is 17.2 Å². The van der Waals surface area contributed by atoms with Crippen LogP contribution in [0.4, 0.5) is 0 Å². The Morgan fingerprint density at radius 1 is 0.346 bits per heavy atom. The molecule has 0 aromatic heterocycles. The molecule has 0 heterocycles. The summed E-state index contributed by atoms with van der Waals surface area (Å²) in [5, 5.41) is 0. The predicted octanol–water partition coefficient (Wildman–Crippen LogP) is 10.7. The van der Waals surface area contributed by atoms with Gasteiger partial charge in [0.25, 0.3) is 0 Å². The molecule has 52 heavy (non-hydrogen) atoms. The Labute approximate surface area is 306 Å². The van der Waals surface area contributed by atoms with Crippen LogP contribution in [0.5, 0.6) is 40.2 Å². The zero-order chi connectivity index (χ0) is 36.2. The summed E-state index contributed by atoms with van der Waals surface area (Å²) < 4.78 is 56.1. The topological polar surface area (TPSA) is 83.1 Å². The number of ether oxygens (including phenoxy) is 3. The van der Waals surface area contributed by atoms with Crippen LogP contribution in [-0.4, -0.2) is 28.4 Å². The van der Waals surface area contributed by atoms with Gasteiger partial charge in [0.15, 0.2) is 40.1 Å². The van der Waals surface area contributed by atoms with E-state index in [4.69, 9.17) is 41.4 Å². The molecule has 6 aromatic carbocycles. The van der Waals surface area contributed by atoms with Gasteiger partial charge in [-0.1, -0.05) is 115 Å². The van der Waals surface area contributed by atoms with E-state index < -0.39 is 22.8 Å². The first-order valence-corrected chi connectivity index (χ1v) is 18.4. The van der Waals surface area contributed by atoms with Gasteiger partial charge in [-0.05, 0) is 53.6 Å². The first kappa shape index (κ1) is 36.5. The standard InChI is InChI=1S/C41H38O9P2/c1-42-35-25-13-16-28-38(35)47-51(45-4)46-34-24-12-11-23-33(34)41(31-19-7-5-8-20-31,32-21-9-6-10-22-32)50-52(48-39-29-17-14-26-36(39)43-2)49-40-30-18-15-27-37(40)44-3/h5-30H,1-4H3. The van der Waals surface area contributed by atoms with Crippen molar-refractivity contribution in [2.24, 2.45) is 0 Å². The lowest BCUT2D eigenvalue weighted by Gasteiger charge is -2.38. The molecule has 6 rings (SSSR count). The number of hydrogen-bond donors (Lipinski definition) is 0. The van der Waals surface area contributed by atoms with Crippen LogP contribution in [0.15, 0.2) is 158 Å². The molecule has 0 aliphatic rings. The average Bonchev–Trinajstić information content (AvgIpc) is 3.21. The third-order valence-electron chi connectivity index (χ3n) is 7.89. The minimum atomic E-state index is -2.29. The zero-order valence-electron chi connectivity index (χ0n) is 29.1. The number of para-hydroxylation sites is 7. The SMILES string of the molecule is COc1ccccc1OP(OC)Oc1ccccc1C(OP(Oc1ccccc1OC)Oc1ccccc1OC)(c1ccccc1)c1ccccc1. The molecule has 0 spiro atoms. The molecule has 0 aliphatic carbocycles. The summed E-state index contributed by atoms with van der Waals surface area (Å²) in [6.07, 6.45) is 0. The first-order chi connectivity index (χ1) is 25.6. The fraction of sp³-hybridized carbons (Fsp3) is 0.122. The summed E-state index contributed by atoms with van der Waals surface area (Å²) in [5.41, 5.74) is 0.822. The highest BCUT2D eigenvalue weighted by Gasteiger charge is 2.45. The van der Waals surface area contributed by atoms with Gasteiger partial charge in [-0.3, -0.25) is 9.05 Å². The lowest BCUT2D eigenvalue weighted by molar-refractivity contribution is 0.132. The van der Waals surface area contributed by atoms with E-state index in [1.54, 1.807) is 39.5 Å². The molecular weight excluding hydrogens is 698 g/mol. The van der Waals surface area contributed by atoms with E-state index in [9.17, 15) is 0 Å². The molecule has 0 saturated heterocycles. The van der Waals surface area contributed by atoms with Gasteiger partial charge in [0, 0.05) is 12.7 Å². The van der Waals surface area contributed by atoms with Crippen molar-refractivity contribution in [3.05, 3.63) is 174 Å². The number of rotatable bonds is 17. The summed E-state index contributed by atoms with van der Waals surface area (Å²) >= 11 is 0. The Balaban J connectivity index is 1.53. The number of methoxy groups -OCH3 is 3. The fourth-order valence-corrected chi connectivity index (χ4v) is 7.56. The Kier molecular flexibility index (Phi) is 12.5. The van der Waals surface area contributed by atoms with E-state index in [2.05, 4.69) is 0 Å². The van der Waals surface area contributed by atoms with E-state index in [0.29, 0.717) is 45.8 Å². The van der Waals surface area contributed by atoms with Gasteiger partial charge >= 0.3 is 17.2 Å². The molecule has 0 bridgehead atoms. The smallest absolute Gasteiger partial charge is 0.464 e. The highest BCUT2D eigenvalue weighted by molar-refractivity contribution is 7.43. The normalized spacial score (nSPS) is 11.7. The van der Waals surface area contributed by atoms with Crippen molar-refractivity contribution < 1.29 is 41.4 Å². The molecule has 6 aromatic rings. The van der Waals surface area contributed by atoms with Crippen molar-refractivity contribution in [3.8, 4) is 40.2 Å². The highest BCUT2D eigenvalue weighted by Crippen LogP contribution is 2.57. The number of benzene rings is 6. The maximum Gasteiger partial charge on any atom is 0.464 e. The molecule has 1 atom stereocenters. The Morgan fingerprint density at radius 2 is 0.673 bits per heavy atom. The van der Waals surface area contributed by atoms with E-state index in [0.717, 1.165) is 11.1 Å². The largest absolute Gasteiger partial charge is 0.493 e. The molecule has 0 N–H and O–H groups in total. The van der Waals surface area contributed by atoms with Crippen molar-refractivity contribution in [1.82, 2.24) is 0 Å². The quantitative estimate of drug-likeness (QED) is 0.0671. The molecule has 0 radical (unpaired) electrons.